The Kier molecular flexibility index (Phi) is 15.5. The molecule has 0 saturated heterocycles. The zero-order valence-electron chi connectivity index (χ0n) is 54.1. The van der Waals surface area contributed by atoms with Crippen molar-refractivity contribution >= 4 is 55.5 Å². The van der Waals surface area contributed by atoms with E-state index in [0.717, 1.165) is 55.4 Å². The summed E-state index contributed by atoms with van der Waals surface area (Å²) < 4.78 is 0. The van der Waals surface area contributed by atoms with E-state index < -0.39 is 0 Å². The Labute approximate surface area is 552 Å². The number of nitrogens with zero attached hydrogens (tertiary/aromatic N) is 2. The molecule has 0 bridgehead atoms. The van der Waals surface area contributed by atoms with Gasteiger partial charge in [-0.15, -0.1) is 0 Å². The highest BCUT2D eigenvalue weighted by molar-refractivity contribution is 6.21. The van der Waals surface area contributed by atoms with Crippen LogP contribution in [-0.4, -0.2) is 9.97 Å². The minimum Gasteiger partial charge on any atom is -0.248 e. The van der Waals surface area contributed by atoms with E-state index in [1.807, 2.05) is 12.1 Å². The van der Waals surface area contributed by atoms with Crippen molar-refractivity contribution < 1.29 is 0 Å². The number of aryl methyl sites for hydroxylation is 2. The van der Waals surface area contributed by atoms with Crippen molar-refractivity contribution in [2.75, 3.05) is 0 Å². The third-order valence-corrected chi connectivity index (χ3v) is 19.3. The molecule has 0 aliphatic heterocycles. The van der Waals surface area contributed by atoms with Crippen molar-refractivity contribution in [2.24, 2.45) is 0 Å². The van der Waals surface area contributed by atoms with Crippen LogP contribution in [0.15, 0.2) is 327 Å². The minimum atomic E-state index is 0.0712. The van der Waals surface area contributed by atoms with E-state index in [1.165, 1.54) is 111 Å². The first-order chi connectivity index (χ1) is 45.9. The maximum atomic E-state index is 5.10. The smallest absolute Gasteiger partial charge is 0.0716 e. The second-order valence-electron chi connectivity index (χ2n) is 26.2. The predicted molar refractivity (Wildman–Crippen MR) is 401 cm³/mol. The molecule has 94 heavy (non-hydrogen) atoms. The number of allylic oxidation sites excluding steroid dienone is 2. The summed E-state index contributed by atoms with van der Waals surface area (Å²) in [4.78, 5) is 10.2. The summed E-state index contributed by atoms with van der Waals surface area (Å²) in [5, 5.41) is 7.54. The van der Waals surface area contributed by atoms with E-state index in [4.69, 9.17) is 9.97 Å². The standard InChI is InChI=1S/C42H28N2.C28H22.C22H22/c1-5-13-29(14-6-1)35-27-41(31-17-9-3-10-18-31)43-39-23-21-33(25-37(35)39)34-22-24-40-38(26-34)36(30-15-7-2-8-16-30)28-42(44-40)32-19-11-4-12-20-32;1-19-13-15-23-25(17-19)27(21-9-5-3-6-10-21)24-16-14-20(2)18-26(24)28(23)22-11-7-4-8-12-22;1-21(2)17-11-7-5-9-15(17)13-19(21)20-14-16-10-6-8-12-18(16)22(20,3)4/h1-28H;3-18H,1-2H3;5-14H,1-4H3. The quantitative estimate of drug-likeness (QED) is 0.142. The average Bonchev–Trinajstić information content (AvgIpc) is 1.32. The maximum Gasteiger partial charge on any atom is 0.0716 e. The largest absolute Gasteiger partial charge is 0.248 e. The number of pyridine rings is 2. The van der Waals surface area contributed by atoms with Gasteiger partial charge in [0.25, 0.3) is 0 Å². The number of aromatic nitrogens is 2. The molecule has 2 heteroatoms. The third-order valence-electron chi connectivity index (χ3n) is 19.3. The molecule has 2 aromatic heterocycles. The molecule has 0 radical (unpaired) electrons. The van der Waals surface area contributed by atoms with Crippen molar-refractivity contribution in [3.8, 4) is 78.1 Å². The van der Waals surface area contributed by atoms with Crippen molar-refractivity contribution in [2.45, 2.75) is 52.4 Å². The lowest BCUT2D eigenvalue weighted by Crippen LogP contribution is -2.26. The summed E-state index contributed by atoms with van der Waals surface area (Å²) in [5.74, 6) is 0. The van der Waals surface area contributed by atoms with Crippen LogP contribution in [0, 0.1) is 13.8 Å². The minimum absolute atomic E-state index is 0.0712. The van der Waals surface area contributed by atoms with Gasteiger partial charge in [0.05, 0.1) is 22.4 Å². The summed E-state index contributed by atoms with van der Waals surface area (Å²) in [6.07, 6.45) is 4.80. The summed E-state index contributed by atoms with van der Waals surface area (Å²) in [6.45, 7) is 13.8. The van der Waals surface area contributed by atoms with E-state index in [9.17, 15) is 0 Å². The monoisotopic (exact) mass is 1200 g/mol. The van der Waals surface area contributed by atoms with Crippen LogP contribution in [0.4, 0.5) is 0 Å². The third kappa shape index (κ3) is 11.1. The Morgan fingerprint density at radius 1 is 0.245 bits per heavy atom. The number of fused-ring (bicyclic) bond motifs is 6. The van der Waals surface area contributed by atoms with E-state index in [0.29, 0.717) is 0 Å². The van der Waals surface area contributed by atoms with Gasteiger partial charge in [0, 0.05) is 32.7 Å². The molecule has 2 aliphatic rings. The van der Waals surface area contributed by atoms with Crippen LogP contribution < -0.4 is 0 Å². The fourth-order valence-electron chi connectivity index (χ4n) is 14.5. The molecular weight excluding hydrogens is 1130 g/mol. The van der Waals surface area contributed by atoms with Gasteiger partial charge in [0.2, 0.25) is 0 Å². The fourth-order valence-corrected chi connectivity index (χ4v) is 14.5. The van der Waals surface area contributed by atoms with Crippen LogP contribution in [0.5, 0.6) is 0 Å². The molecule has 0 atom stereocenters. The lowest BCUT2D eigenvalue weighted by molar-refractivity contribution is 0.584. The Morgan fingerprint density at radius 3 is 0.915 bits per heavy atom. The molecule has 0 spiro atoms. The SMILES string of the molecule is CC1(C)C(C2=Cc3ccccc3C2(C)C)=Cc2ccccc21.Cc1ccc2c(-c3ccccc3)c3cc(C)ccc3c(-c3ccccc3)c2c1.c1ccc(-c2cc(-c3ccccc3)c3cc(-c4ccc5nc(-c6ccccc6)cc(-c6ccccc6)c5c4)ccc3n2)cc1. The van der Waals surface area contributed by atoms with Gasteiger partial charge in [-0.25, -0.2) is 9.97 Å². The molecule has 0 unspecified atom stereocenters. The Hall–Kier alpha value is -11.3. The molecule has 0 N–H and O–H groups in total. The first-order valence-corrected chi connectivity index (χ1v) is 32.8. The van der Waals surface area contributed by atoms with E-state index in [2.05, 4.69) is 357 Å². The molecule has 450 valence electrons. The van der Waals surface area contributed by atoms with Gasteiger partial charge in [-0.1, -0.05) is 330 Å². The molecule has 2 nitrogen and oxygen atoms in total. The highest BCUT2D eigenvalue weighted by atomic mass is 14.7. The Bertz CT molecular complexity index is 5050. The van der Waals surface area contributed by atoms with Gasteiger partial charge in [-0.3, -0.25) is 0 Å². The van der Waals surface area contributed by atoms with E-state index in [1.54, 1.807) is 0 Å². The number of rotatable bonds is 8. The Balaban J connectivity index is 0.000000125. The van der Waals surface area contributed by atoms with E-state index in [-0.39, 0.29) is 10.8 Å². The molecule has 0 amide bonds. The summed E-state index contributed by atoms with van der Waals surface area (Å²) in [6, 6.07) is 113. The van der Waals surface area contributed by atoms with Crippen LogP contribution in [0.1, 0.15) is 61.1 Å². The Morgan fingerprint density at radius 2 is 0.564 bits per heavy atom. The fraction of sp³-hybridized carbons (Fsp3) is 0.0870. The predicted octanol–water partition coefficient (Wildman–Crippen LogP) is 24.8. The molecule has 17 rings (SSSR count). The van der Waals surface area contributed by atoms with Crippen LogP contribution in [-0.2, 0) is 10.8 Å². The highest BCUT2D eigenvalue weighted by Crippen LogP contribution is 2.54. The molecule has 0 fully saturated rings. The lowest BCUT2D eigenvalue weighted by Gasteiger charge is -2.33. The van der Waals surface area contributed by atoms with Crippen LogP contribution in [0.25, 0.3) is 134 Å². The lowest BCUT2D eigenvalue weighted by atomic mass is 9.70. The van der Waals surface area contributed by atoms with Crippen molar-refractivity contribution in [1.82, 2.24) is 9.97 Å². The van der Waals surface area contributed by atoms with Gasteiger partial charge in [0.1, 0.15) is 0 Å². The van der Waals surface area contributed by atoms with Gasteiger partial charge >= 0.3 is 0 Å². The summed E-state index contributed by atoms with van der Waals surface area (Å²) in [5.41, 5.74) is 29.6. The van der Waals surface area contributed by atoms with Gasteiger partial charge in [0.15, 0.2) is 0 Å². The molecular formula is C92H72N2. The second kappa shape index (κ2) is 24.7. The normalized spacial score (nSPS) is 13.3. The van der Waals surface area contributed by atoms with Crippen LogP contribution >= 0.6 is 0 Å². The zero-order chi connectivity index (χ0) is 63.9. The zero-order valence-corrected chi connectivity index (χ0v) is 54.1. The van der Waals surface area contributed by atoms with Gasteiger partial charge in [-0.05, 0) is 161 Å². The molecule has 2 heterocycles. The maximum absolute atomic E-state index is 5.10. The molecule has 13 aromatic carbocycles. The van der Waals surface area contributed by atoms with Crippen molar-refractivity contribution in [1.29, 1.82) is 0 Å². The molecule has 0 saturated carbocycles. The summed E-state index contributed by atoms with van der Waals surface area (Å²) >= 11 is 0. The second-order valence-corrected chi connectivity index (χ2v) is 26.2. The molecule has 2 aliphatic carbocycles. The van der Waals surface area contributed by atoms with Crippen LogP contribution in [0.3, 0.4) is 0 Å². The van der Waals surface area contributed by atoms with Gasteiger partial charge in [-0.2, -0.15) is 0 Å². The first kappa shape index (κ1) is 59.0. The highest BCUT2D eigenvalue weighted by Gasteiger charge is 2.42. The first-order valence-electron chi connectivity index (χ1n) is 32.8. The number of benzene rings is 13. The van der Waals surface area contributed by atoms with Crippen LogP contribution in [0.2, 0.25) is 0 Å². The number of hydrogen-bond acceptors (Lipinski definition) is 2. The van der Waals surface area contributed by atoms with Crippen molar-refractivity contribution in [3.05, 3.63) is 360 Å². The molecule has 15 aromatic rings. The number of hydrogen-bond donors (Lipinski definition) is 0. The topological polar surface area (TPSA) is 25.8 Å². The van der Waals surface area contributed by atoms with E-state index >= 15 is 0 Å². The van der Waals surface area contributed by atoms with Gasteiger partial charge < -0.3 is 0 Å². The van der Waals surface area contributed by atoms with Crippen molar-refractivity contribution in [3.63, 3.8) is 0 Å². The summed E-state index contributed by atoms with van der Waals surface area (Å²) in [7, 11) is 0. The average molecular weight is 1210 g/mol.